The van der Waals surface area contributed by atoms with Crippen LogP contribution in [0.4, 0.5) is 0 Å². The van der Waals surface area contributed by atoms with Gasteiger partial charge in [-0.25, -0.2) is 4.98 Å². The molecule has 2 nitrogen and oxygen atoms in total. The lowest BCUT2D eigenvalue weighted by atomic mass is 10.1. The molecule has 1 fully saturated rings. The highest BCUT2D eigenvalue weighted by molar-refractivity contribution is 6.16. The second-order valence-corrected chi connectivity index (χ2v) is 4.11. The van der Waals surface area contributed by atoms with E-state index in [2.05, 4.69) is 15.7 Å². The van der Waals surface area contributed by atoms with Crippen LogP contribution in [0.3, 0.4) is 0 Å². The Labute approximate surface area is 83.9 Å². The van der Waals surface area contributed by atoms with Crippen molar-refractivity contribution >= 4 is 11.6 Å². The Morgan fingerprint density at radius 2 is 2.23 bits per heavy atom. The van der Waals surface area contributed by atoms with Crippen LogP contribution < -0.4 is 0 Å². The number of aromatic nitrogens is 2. The van der Waals surface area contributed by atoms with Crippen LogP contribution in [0.15, 0.2) is 12.5 Å². The minimum atomic E-state index is 0.525. The highest BCUT2D eigenvalue weighted by Gasteiger charge is 2.15. The van der Waals surface area contributed by atoms with Gasteiger partial charge in [-0.2, -0.15) is 0 Å². The molecule has 1 aliphatic rings. The maximum absolute atomic E-state index is 5.68. The average Bonchev–Trinajstić information content (AvgIpc) is 2.76. The van der Waals surface area contributed by atoms with Gasteiger partial charge < -0.3 is 4.57 Å². The van der Waals surface area contributed by atoms with Gasteiger partial charge in [0.2, 0.25) is 0 Å². The summed E-state index contributed by atoms with van der Waals surface area (Å²) >= 11 is 5.68. The van der Waals surface area contributed by atoms with Crippen molar-refractivity contribution in [3.05, 3.63) is 18.2 Å². The molecule has 0 aromatic carbocycles. The molecule has 1 saturated carbocycles. The van der Waals surface area contributed by atoms with E-state index in [9.17, 15) is 0 Å². The molecule has 1 aromatic rings. The lowest BCUT2D eigenvalue weighted by molar-refractivity contribution is 0.457. The molecule has 0 unspecified atom stereocenters. The van der Waals surface area contributed by atoms with Gasteiger partial charge in [0.25, 0.3) is 0 Å². The Balaban J connectivity index is 1.92. The number of hydrogen-bond acceptors (Lipinski definition) is 1. The summed E-state index contributed by atoms with van der Waals surface area (Å²) in [5.74, 6) is 1.40. The summed E-state index contributed by atoms with van der Waals surface area (Å²) in [6.45, 7) is 1.13. The Morgan fingerprint density at radius 1 is 1.46 bits per heavy atom. The van der Waals surface area contributed by atoms with Gasteiger partial charge in [-0.3, -0.25) is 0 Å². The summed E-state index contributed by atoms with van der Waals surface area (Å²) in [5.41, 5.74) is 0.986. The Morgan fingerprint density at radius 3 is 2.85 bits per heavy atom. The van der Waals surface area contributed by atoms with Crippen LogP contribution in [0.5, 0.6) is 0 Å². The van der Waals surface area contributed by atoms with Crippen LogP contribution in [-0.4, -0.2) is 9.55 Å². The maximum Gasteiger partial charge on any atom is 0.0950 e. The lowest BCUT2D eigenvalue weighted by Gasteiger charge is -2.08. The van der Waals surface area contributed by atoms with Crippen molar-refractivity contribution in [2.45, 2.75) is 38.1 Å². The third kappa shape index (κ3) is 2.25. The highest BCUT2D eigenvalue weighted by atomic mass is 35.5. The summed E-state index contributed by atoms with van der Waals surface area (Å²) in [7, 11) is 0. The van der Waals surface area contributed by atoms with Crippen molar-refractivity contribution in [1.29, 1.82) is 0 Å². The number of alkyl halides is 1. The fourth-order valence-electron chi connectivity index (χ4n) is 2.07. The average molecular weight is 199 g/mol. The highest BCUT2D eigenvalue weighted by Crippen LogP contribution is 2.26. The molecule has 1 heterocycles. The van der Waals surface area contributed by atoms with E-state index in [4.69, 9.17) is 11.6 Å². The van der Waals surface area contributed by atoms with E-state index in [0.717, 1.165) is 18.2 Å². The van der Waals surface area contributed by atoms with Gasteiger partial charge in [0.05, 0.1) is 17.9 Å². The Kier molecular flexibility index (Phi) is 2.89. The lowest BCUT2D eigenvalue weighted by Crippen LogP contribution is -2.04. The second-order valence-electron chi connectivity index (χ2n) is 3.85. The van der Waals surface area contributed by atoms with E-state index in [1.54, 1.807) is 0 Å². The Bertz CT molecular complexity index is 264. The van der Waals surface area contributed by atoms with E-state index < -0.39 is 0 Å². The molecule has 13 heavy (non-hydrogen) atoms. The van der Waals surface area contributed by atoms with E-state index in [1.807, 2.05) is 6.33 Å². The molecule has 1 aliphatic carbocycles. The van der Waals surface area contributed by atoms with Crippen LogP contribution in [0.1, 0.15) is 31.4 Å². The van der Waals surface area contributed by atoms with Crippen molar-refractivity contribution in [1.82, 2.24) is 9.55 Å². The molecule has 0 amide bonds. The molecule has 0 bridgehead atoms. The normalized spacial score (nSPS) is 18.2. The van der Waals surface area contributed by atoms with E-state index in [-0.39, 0.29) is 0 Å². The topological polar surface area (TPSA) is 17.8 Å². The van der Waals surface area contributed by atoms with Crippen molar-refractivity contribution < 1.29 is 0 Å². The fourth-order valence-corrected chi connectivity index (χ4v) is 2.20. The smallest absolute Gasteiger partial charge is 0.0950 e. The van der Waals surface area contributed by atoms with E-state index in [1.165, 1.54) is 25.7 Å². The monoisotopic (exact) mass is 198 g/mol. The van der Waals surface area contributed by atoms with Gasteiger partial charge in [0, 0.05) is 12.7 Å². The van der Waals surface area contributed by atoms with E-state index >= 15 is 0 Å². The molecule has 0 saturated heterocycles. The zero-order chi connectivity index (χ0) is 9.10. The first-order chi connectivity index (χ1) is 6.38. The molecule has 72 valence electrons. The van der Waals surface area contributed by atoms with Gasteiger partial charge >= 0.3 is 0 Å². The van der Waals surface area contributed by atoms with Crippen LogP contribution in [0.2, 0.25) is 0 Å². The van der Waals surface area contributed by atoms with Crippen molar-refractivity contribution in [3.63, 3.8) is 0 Å². The molecule has 0 radical (unpaired) electrons. The van der Waals surface area contributed by atoms with Gasteiger partial charge in [0.15, 0.2) is 0 Å². The van der Waals surface area contributed by atoms with E-state index in [0.29, 0.717) is 5.88 Å². The van der Waals surface area contributed by atoms with Crippen molar-refractivity contribution in [3.8, 4) is 0 Å². The fraction of sp³-hybridized carbons (Fsp3) is 0.700. The van der Waals surface area contributed by atoms with Crippen molar-refractivity contribution in [2.24, 2.45) is 5.92 Å². The summed E-state index contributed by atoms with van der Waals surface area (Å²) in [6, 6.07) is 0. The summed E-state index contributed by atoms with van der Waals surface area (Å²) in [6.07, 6.45) is 9.54. The molecule has 0 spiro atoms. The molecular formula is C10H15ClN2. The first-order valence-electron chi connectivity index (χ1n) is 4.95. The van der Waals surface area contributed by atoms with Crippen LogP contribution in [0.25, 0.3) is 0 Å². The molecular weight excluding hydrogens is 184 g/mol. The summed E-state index contributed by atoms with van der Waals surface area (Å²) in [4.78, 5) is 4.21. The predicted octanol–water partition coefficient (Wildman–Crippen LogP) is 2.81. The summed E-state index contributed by atoms with van der Waals surface area (Å²) in [5, 5.41) is 0. The molecule has 0 aliphatic heterocycles. The predicted molar refractivity (Wildman–Crippen MR) is 53.7 cm³/mol. The third-order valence-corrected chi connectivity index (χ3v) is 3.04. The summed E-state index contributed by atoms with van der Waals surface area (Å²) < 4.78 is 2.17. The largest absolute Gasteiger partial charge is 0.337 e. The SMILES string of the molecule is ClCc1cn(CC2CCCC2)cn1. The first-order valence-corrected chi connectivity index (χ1v) is 5.48. The first kappa shape index (κ1) is 9.07. The molecule has 0 atom stereocenters. The number of rotatable bonds is 3. The zero-order valence-electron chi connectivity index (χ0n) is 7.75. The minimum absolute atomic E-state index is 0.525. The molecule has 1 aromatic heterocycles. The molecule has 2 rings (SSSR count). The van der Waals surface area contributed by atoms with Gasteiger partial charge in [0.1, 0.15) is 0 Å². The zero-order valence-corrected chi connectivity index (χ0v) is 8.50. The van der Waals surface area contributed by atoms with Gasteiger partial charge in [-0.1, -0.05) is 12.8 Å². The third-order valence-electron chi connectivity index (χ3n) is 2.77. The standard InChI is InChI=1S/C10H15ClN2/c11-5-10-7-13(8-12-10)6-9-3-1-2-4-9/h7-9H,1-6H2. The maximum atomic E-state index is 5.68. The van der Waals surface area contributed by atoms with Gasteiger partial charge in [-0.05, 0) is 18.8 Å². The van der Waals surface area contributed by atoms with Gasteiger partial charge in [-0.15, -0.1) is 11.6 Å². The van der Waals surface area contributed by atoms with Crippen LogP contribution in [-0.2, 0) is 12.4 Å². The number of hydrogen-bond donors (Lipinski definition) is 0. The van der Waals surface area contributed by atoms with Crippen LogP contribution in [0, 0.1) is 5.92 Å². The Hall–Kier alpha value is -0.500. The number of imidazole rings is 1. The van der Waals surface area contributed by atoms with Crippen LogP contribution >= 0.6 is 11.6 Å². The minimum Gasteiger partial charge on any atom is -0.337 e. The van der Waals surface area contributed by atoms with Crippen molar-refractivity contribution in [2.75, 3.05) is 0 Å². The molecule has 3 heteroatoms. The number of nitrogens with zero attached hydrogens (tertiary/aromatic N) is 2. The second kappa shape index (κ2) is 4.14. The molecule has 0 N–H and O–H groups in total. The number of halogens is 1. The quantitative estimate of drug-likeness (QED) is 0.683.